The zero-order valence-electron chi connectivity index (χ0n) is 11.2. The largest absolute Gasteiger partial charge is 0.443 e. The van der Waals surface area contributed by atoms with Crippen molar-refractivity contribution in [3.8, 4) is 0 Å². The van der Waals surface area contributed by atoms with Gasteiger partial charge in [0.15, 0.2) is 0 Å². The Hall–Kier alpha value is -1.84. The molecule has 0 unspecified atom stereocenters. The maximum absolute atomic E-state index is 11.7. The van der Waals surface area contributed by atoms with Gasteiger partial charge in [0.1, 0.15) is 5.60 Å². The van der Waals surface area contributed by atoms with Crippen molar-refractivity contribution in [2.24, 2.45) is 0 Å². The fourth-order valence-corrected chi connectivity index (χ4v) is 1.77. The number of carbonyl (C=O) groups is 1. The second-order valence-electron chi connectivity index (χ2n) is 5.45. The van der Waals surface area contributed by atoms with E-state index in [1.54, 1.807) is 11.1 Å². The predicted molar refractivity (Wildman–Crippen MR) is 69.9 cm³/mol. The Labute approximate surface area is 107 Å². The summed E-state index contributed by atoms with van der Waals surface area (Å²) in [5.74, 6) is 0. The molecule has 0 spiro atoms. The Morgan fingerprint density at radius 2 is 2.11 bits per heavy atom. The highest BCUT2D eigenvalue weighted by molar-refractivity contribution is 5.82. The van der Waals surface area contributed by atoms with Gasteiger partial charge >= 0.3 is 6.09 Å². The van der Waals surface area contributed by atoms with Crippen molar-refractivity contribution >= 4 is 11.7 Å². The lowest BCUT2D eigenvalue weighted by atomic mass is 9.99. The maximum atomic E-state index is 11.7. The average Bonchev–Trinajstić information content (AvgIpc) is 2.15. The van der Waals surface area contributed by atoms with E-state index in [0.717, 1.165) is 16.7 Å². The quantitative estimate of drug-likeness (QED) is 0.765. The molecule has 2 heterocycles. The van der Waals surface area contributed by atoms with Gasteiger partial charge in [-0.3, -0.25) is 9.88 Å². The summed E-state index contributed by atoms with van der Waals surface area (Å²) >= 11 is 0. The van der Waals surface area contributed by atoms with Gasteiger partial charge in [0, 0.05) is 18.6 Å². The molecule has 2 rings (SSSR count). The molecule has 0 saturated carbocycles. The first-order valence-corrected chi connectivity index (χ1v) is 5.98. The molecule has 18 heavy (non-hydrogen) atoms. The molecule has 0 N–H and O–H groups in total. The fourth-order valence-electron chi connectivity index (χ4n) is 1.77. The summed E-state index contributed by atoms with van der Waals surface area (Å²) in [4.78, 5) is 17.4. The molecule has 1 aliphatic heterocycles. The Bertz CT molecular complexity index is 501. The van der Waals surface area contributed by atoms with E-state index in [2.05, 4.69) is 4.98 Å². The number of amides is 1. The molecular formula is C14H18N2O2. The van der Waals surface area contributed by atoms with Crippen LogP contribution in [0, 0.1) is 6.92 Å². The summed E-state index contributed by atoms with van der Waals surface area (Å²) in [5.41, 5.74) is 2.95. The molecule has 0 atom stereocenters. The van der Waals surface area contributed by atoms with Gasteiger partial charge in [0.05, 0.1) is 6.54 Å². The van der Waals surface area contributed by atoms with Crippen molar-refractivity contribution in [1.82, 2.24) is 9.88 Å². The van der Waals surface area contributed by atoms with Crippen molar-refractivity contribution in [1.29, 1.82) is 0 Å². The molecule has 1 aromatic heterocycles. The molecule has 96 valence electrons. The van der Waals surface area contributed by atoms with Gasteiger partial charge in [-0.15, -0.1) is 0 Å². The van der Waals surface area contributed by atoms with Crippen LogP contribution in [0.5, 0.6) is 0 Å². The lowest BCUT2D eigenvalue weighted by Crippen LogP contribution is -2.39. The number of rotatable bonds is 1. The van der Waals surface area contributed by atoms with Gasteiger partial charge in [-0.05, 0) is 50.5 Å². The number of nitrogens with zero attached hydrogens (tertiary/aromatic N) is 2. The zero-order chi connectivity index (χ0) is 13.3. The Kier molecular flexibility index (Phi) is 3.11. The van der Waals surface area contributed by atoms with Gasteiger partial charge in [0.2, 0.25) is 0 Å². The number of carbonyl (C=O) groups excluding carboxylic acids is 1. The summed E-state index contributed by atoms with van der Waals surface area (Å²) in [6.45, 7) is 8.20. The summed E-state index contributed by atoms with van der Waals surface area (Å²) in [6.07, 6.45) is 5.13. The van der Waals surface area contributed by atoms with Crippen molar-refractivity contribution in [2.75, 3.05) is 6.54 Å². The van der Waals surface area contributed by atoms with Crippen LogP contribution in [0.25, 0.3) is 5.57 Å². The number of pyridine rings is 1. The molecule has 1 aliphatic rings. The predicted octanol–water partition coefficient (Wildman–Crippen LogP) is 2.98. The van der Waals surface area contributed by atoms with Crippen LogP contribution < -0.4 is 0 Å². The highest BCUT2D eigenvalue weighted by Crippen LogP contribution is 2.27. The van der Waals surface area contributed by atoms with Crippen LogP contribution in [0.1, 0.15) is 31.9 Å². The highest BCUT2D eigenvalue weighted by atomic mass is 16.6. The monoisotopic (exact) mass is 246 g/mol. The minimum Gasteiger partial charge on any atom is -0.443 e. The number of aryl methyl sites for hydroxylation is 1. The van der Waals surface area contributed by atoms with E-state index in [1.807, 2.05) is 46.2 Å². The van der Waals surface area contributed by atoms with Crippen molar-refractivity contribution in [2.45, 2.75) is 33.3 Å². The van der Waals surface area contributed by atoms with E-state index in [0.29, 0.717) is 6.54 Å². The van der Waals surface area contributed by atoms with Crippen LogP contribution in [0.4, 0.5) is 4.79 Å². The molecule has 1 amide bonds. The van der Waals surface area contributed by atoms with Crippen molar-refractivity contribution < 1.29 is 9.53 Å². The van der Waals surface area contributed by atoms with Crippen LogP contribution in [-0.2, 0) is 4.74 Å². The molecule has 4 heteroatoms. The zero-order valence-corrected chi connectivity index (χ0v) is 11.2. The molecule has 0 bridgehead atoms. The van der Waals surface area contributed by atoms with E-state index in [-0.39, 0.29) is 6.09 Å². The molecule has 0 fully saturated rings. The molecule has 4 nitrogen and oxygen atoms in total. The van der Waals surface area contributed by atoms with E-state index >= 15 is 0 Å². The molecule has 0 aromatic carbocycles. The molecule has 0 aliphatic carbocycles. The standard InChI is InChI=1S/C14H18N2O2/c1-10-7-15-6-5-12(10)11-8-16(9-11)13(17)18-14(2,3)4/h5-8H,9H2,1-4H3. The smallest absolute Gasteiger partial charge is 0.414 e. The molecular weight excluding hydrogens is 228 g/mol. The Balaban J connectivity index is 2.05. The minimum atomic E-state index is -0.451. The van der Waals surface area contributed by atoms with Crippen LogP contribution in [-0.4, -0.2) is 28.1 Å². The normalized spacial score (nSPS) is 14.9. The number of hydrogen-bond donors (Lipinski definition) is 0. The molecule has 0 saturated heterocycles. The first-order chi connectivity index (χ1) is 8.37. The second-order valence-corrected chi connectivity index (χ2v) is 5.45. The van der Waals surface area contributed by atoms with Gasteiger partial charge < -0.3 is 4.74 Å². The average molecular weight is 246 g/mol. The Morgan fingerprint density at radius 3 is 2.67 bits per heavy atom. The topological polar surface area (TPSA) is 42.4 Å². The van der Waals surface area contributed by atoms with Crippen LogP contribution >= 0.6 is 0 Å². The van der Waals surface area contributed by atoms with Gasteiger partial charge in [-0.25, -0.2) is 4.79 Å². The summed E-state index contributed by atoms with van der Waals surface area (Å²) < 4.78 is 5.29. The first-order valence-electron chi connectivity index (χ1n) is 5.98. The lowest BCUT2D eigenvalue weighted by molar-refractivity contribution is 0.0334. The van der Waals surface area contributed by atoms with Gasteiger partial charge in [-0.1, -0.05) is 0 Å². The SMILES string of the molecule is Cc1cnccc1C1=CN(C(=O)OC(C)(C)C)C1. The third-order valence-corrected chi connectivity index (χ3v) is 2.65. The van der Waals surface area contributed by atoms with E-state index < -0.39 is 5.60 Å². The van der Waals surface area contributed by atoms with Gasteiger partial charge in [-0.2, -0.15) is 0 Å². The number of ether oxygens (including phenoxy) is 1. The van der Waals surface area contributed by atoms with E-state index in [4.69, 9.17) is 4.74 Å². The van der Waals surface area contributed by atoms with Crippen molar-refractivity contribution in [3.63, 3.8) is 0 Å². The Morgan fingerprint density at radius 1 is 1.44 bits per heavy atom. The third kappa shape index (κ3) is 2.70. The fraction of sp³-hybridized carbons (Fsp3) is 0.429. The lowest BCUT2D eigenvalue weighted by Gasteiger charge is -2.32. The van der Waals surface area contributed by atoms with Crippen LogP contribution in [0.2, 0.25) is 0 Å². The number of hydrogen-bond acceptors (Lipinski definition) is 3. The summed E-state index contributed by atoms with van der Waals surface area (Å²) in [7, 11) is 0. The molecule has 1 aromatic rings. The highest BCUT2D eigenvalue weighted by Gasteiger charge is 2.27. The second kappa shape index (κ2) is 4.44. The van der Waals surface area contributed by atoms with E-state index in [9.17, 15) is 4.79 Å². The minimum absolute atomic E-state index is 0.294. The third-order valence-electron chi connectivity index (χ3n) is 2.65. The molecule has 0 radical (unpaired) electrons. The first kappa shape index (κ1) is 12.6. The van der Waals surface area contributed by atoms with Crippen LogP contribution in [0.3, 0.4) is 0 Å². The van der Waals surface area contributed by atoms with Gasteiger partial charge in [0.25, 0.3) is 0 Å². The van der Waals surface area contributed by atoms with Crippen molar-refractivity contribution in [3.05, 3.63) is 35.8 Å². The summed E-state index contributed by atoms with van der Waals surface area (Å²) in [6, 6.07) is 1.97. The van der Waals surface area contributed by atoms with Crippen LogP contribution in [0.15, 0.2) is 24.7 Å². The summed E-state index contributed by atoms with van der Waals surface area (Å²) in [5, 5.41) is 0. The maximum Gasteiger partial charge on any atom is 0.414 e. The number of aromatic nitrogens is 1. The van der Waals surface area contributed by atoms with E-state index in [1.165, 1.54) is 0 Å².